The van der Waals surface area contributed by atoms with Gasteiger partial charge in [0, 0.05) is 14.7 Å². The average molecular weight is 751 g/mol. The van der Waals surface area contributed by atoms with E-state index < -0.39 is 0 Å². The number of unbranched alkanes of at least 4 members (excludes halogenated alkanes) is 1. The second-order valence-corrected chi connectivity index (χ2v) is 18.5. The number of allylic oxidation sites excluding steroid dienone is 12. The van der Waals surface area contributed by atoms with Crippen LogP contribution in [0, 0.1) is 11.8 Å². The predicted molar refractivity (Wildman–Crippen MR) is 237 cm³/mol. The van der Waals surface area contributed by atoms with Crippen LogP contribution in [0.15, 0.2) is 88.4 Å². The number of hydrogen-bond donors (Lipinski definition) is 0. The van der Waals surface area contributed by atoms with Crippen molar-refractivity contribution in [3.8, 4) is 0 Å². The molecule has 4 heteroatoms. The molecule has 3 aliphatic heterocycles. The van der Waals surface area contributed by atoms with Crippen molar-refractivity contribution in [2.45, 2.75) is 167 Å². The van der Waals surface area contributed by atoms with Crippen molar-refractivity contribution in [2.24, 2.45) is 11.8 Å². The fourth-order valence-corrected chi connectivity index (χ4v) is 11.6. The van der Waals surface area contributed by atoms with Gasteiger partial charge in [0.1, 0.15) is 5.76 Å². The fraction of sp³-hybridized carbons (Fsp3) is 0.660. The minimum absolute atomic E-state index is 0.496. The van der Waals surface area contributed by atoms with E-state index in [1.807, 2.05) is 0 Å². The van der Waals surface area contributed by atoms with E-state index in [4.69, 9.17) is 4.74 Å². The molecule has 0 aromatic carbocycles. The van der Waals surface area contributed by atoms with Gasteiger partial charge in [0.15, 0.2) is 0 Å². The molecular formula is C47H74OS3. The van der Waals surface area contributed by atoms with E-state index >= 15 is 0 Å². The Kier molecular flexibility index (Phi) is 19.8. The summed E-state index contributed by atoms with van der Waals surface area (Å²) in [5, 5.41) is 0. The summed E-state index contributed by atoms with van der Waals surface area (Å²) in [5.41, 5.74) is 15.1. The Morgan fingerprint density at radius 3 is 2.14 bits per heavy atom. The van der Waals surface area contributed by atoms with Crippen molar-refractivity contribution in [3.63, 3.8) is 0 Å². The first kappa shape index (κ1) is 44.2. The van der Waals surface area contributed by atoms with Gasteiger partial charge in [-0.1, -0.05) is 73.0 Å². The fourth-order valence-electron chi connectivity index (χ4n) is 7.69. The van der Waals surface area contributed by atoms with Crippen LogP contribution in [0.5, 0.6) is 0 Å². The third kappa shape index (κ3) is 11.9. The van der Waals surface area contributed by atoms with Crippen LogP contribution in [0.1, 0.15) is 167 Å². The Bertz CT molecular complexity index is 1440. The van der Waals surface area contributed by atoms with Gasteiger partial charge < -0.3 is 4.74 Å². The normalized spacial score (nSPS) is 25.2. The lowest BCUT2D eigenvalue weighted by molar-refractivity contribution is 0.189. The maximum Gasteiger partial charge on any atom is 0.125 e. The van der Waals surface area contributed by atoms with E-state index in [1.54, 1.807) is 27.2 Å². The monoisotopic (exact) mass is 750 g/mol. The van der Waals surface area contributed by atoms with Crippen LogP contribution >= 0.6 is 35.3 Å². The van der Waals surface area contributed by atoms with E-state index in [2.05, 4.69) is 131 Å². The molecule has 2 atom stereocenters. The Morgan fingerprint density at radius 2 is 1.49 bits per heavy atom. The molecule has 0 aromatic rings. The highest BCUT2D eigenvalue weighted by Crippen LogP contribution is 2.47. The topological polar surface area (TPSA) is 9.23 Å². The van der Waals surface area contributed by atoms with Crippen LogP contribution in [0.25, 0.3) is 0 Å². The Labute approximate surface area is 328 Å². The van der Waals surface area contributed by atoms with Crippen LogP contribution in [0.3, 0.4) is 0 Å². The predicted octanol–water partition coefficient (Wildman–Crippen LogP) is 16.2. The van der Waals surface area contributed by atoms with Gasteiger partial charge in [0.2, 0.25) is 0 Å². The summed E-state index contributed by atoms with van der Waals surface area (Å²) in [4.78, 5) is 4.59. The summed E-state index contributed by atoms with van der Waals surface area (Å²) in [6.07, 6.45) is 20.3. The van der Waals surface area contributed by atoms with Crippen molar-refractivity contribution in [2.75, 3.05) is 23.9 Å². The third-order valence-electron chi connectivity index (χ3n) is 11.4. The second-order valence-electron chi connectivity index (χ2n) is 15.2. The zero-order valence-electron chi connectivity index (χ0n) is 35.0. The van der Waals surface area contributed by atoms with Gasteiger partial charge >= 0.3 is 0 Å². The van der Waals surface area contributed by atoms with Gasteiger partial charge in [-0.2, -0.15) is 0 Å². The van der Waals surface area contributed by atoms with Gasteiger partial charge in [0.05, 0.1) is 6.61 Å². The van der Waals surface area contributed by atoms with Gasteiger partial charge in [-0.25, -0.2) is 0 Å². The maximum atomic E-state index is 6.88. The molecule has 3 aliphatic rings. The lowest BCUT2D eigenvalue weighted by atomic mass is 9.82. The van der Waals surface area contributed by atoms with Crippen molar-refractivity contribution >= 4 is 35.3 Å². The van der Waals surface area contributed by atoms with Crippen molar-refractivity contribution in [1.29, 1.82) is 0 Å². The molecule has 1 nitrogen and oxygen atoms in total. The van der Waals surface area contributed by atoms with Gasteiger partial charge in [-0.15, -0.1) is 35.3 Å². The Balaban J connectivity index is 2.31. The van der Waals surface area contributed by atoms with E-state index in [-0.39, 0.29) is 0 Å². The molecule has 0 radical (unpaired) electrons. The van der Waals surface area contributed by atoms with Crippen LogP contribution < -0.4 is 0 Å². The molecule has 0 aromatic heterocycles. The van der Waals surface area contributed by atoms with Crippen molar-refractivity contribution in [3.05, 3.63) is 88.4 Å². The minimum Gasteiger partial charge on any atom is -0.493 e. The zero-order chi connectivity index (χ0) is 37.5. The Morgan fingerprint density at radius 1 is 0.804 bits per heavy atom. The quantitative estimate of drug-likeness (QED) is 0.154. The molecule has 0 spiro atoms. The van der Waals surface area contributed by atoms with E-state index in [9.17, 15) is 0 Å². The zero-order valence-corrected chi connectivity index (χ0v) is 37.4. The summed E-state index contributed by atoms with van der Waals surface area (Å²) in [7, 11) is 0. The average Bonchev–Trinajstić information content (AvgIpc) is 3.16. The molecule has 286 valence electrons. The molecule has 3 saturated heterocycles. The van der Waals surface area contributed by atoms with Gasteiger partial charge in [-0.3, -0.25) is 0 Å². The second kappa shape index (κ2) is 22.9. The molecule has 0 saturated carbocycles. The number of ether oxygens (including phenoxy) is 1. The van der Waals surface area contributed by atoms with Crippen molar-refractivity contribution in [1.82, 2.24) is 0 Å². The number of rotatable bonds is 15. The molecule has 3 fully saturated rings. The summed E-state index contributed by atoms with van der Waals surface area (Å²) < 4.78 is 6.88. The summed E-state index contributed by atoms with van der Waals surface area (Å²) in [6, 6.07) is 0. The number of thioether (sulfide) groups is 3. The lowest BCUT2D eigenvalue weighted by Crippen LogP contribution is -2.16. The van der Waals surface area contributed by atoms with Gasteiger partial charge in [-0.05, 0) is 191 Å². The lowest BCUT2D eigenvalue weighted by Gasteiger charge is -2.32. The molecule has 0 aliphatic carbocycles. The summed E-state index contributed by atoms with van der Waals surface area (Å²) in [6.45, 7) is 29.2. The van der Waals surface area contributed by atoms with Crippen molar-refractivity contribution < 1.29 is 4.74 Å². The molecule has 3 rings (SSSR count). The van der Waals surface area contributed by atoms with Crippen LogP contribution in [-0.2, 0) is 4.74 Å². The maximum absolute atomic E-state index is 6.88. The highest BCUT2D eigenvalue weighted by atomic mass is 32.2. The highest BCUT2D eigenvalue weighted by Gasteiger charge is 2.29. The molecular weight excluding hydrogens is 677 g/mol. The summed E-state index contributed by atoms with van der Waals surface area (Å²) in [5.74, 6) is 6.11. The molecule has 0 amide bonds. The third-order valence-corrected chi connectivity index (χ3v) is 15.5. The smallest absolute Gasteiger partial charge is 0.125 e. The molecule has 3 heterocycles. The largest absolute Gasteiger partial charge is 0.493 e. The first-order valence-electron chi connectivity index (χ1n) is 20.7. The van der Waals surface area contributed by atoms with E-state index in [0.717, 1.165) is 51.0 Å². The molecule has 2 unspecified atom stereocenters. The summed E-state index contributed by atoms with van der Waals surface area (Å²) >= 11 is 6.30. The standard InChI is InChI=1S/C47H74OS3/c1-13-18-23-39-24-20-29-49-46(39)38(12)43(33(7)16-4)42-25-19-28-48-44(42)37(11)40(22-14-2)41-26-21-30-50-47(41)36(10)35(9)45(34(8)17-5)51-31-27-32(6)15-3/h17,23,32-33H,13-16,18-22,24-31H2,1-12H3/b34-17-,39-23-,41-40+,43-42+,44-37-,45-35-,46-38-,47-36-. The molecule has 51 heavy (non-hydrogen) atoms. The van der Waals surface area contributed by atoms with Crippen LogP contribution in [0.4, 0.5) is 0 Å². The Hall–Kier alpha value is -1.23. The first-order chi connectivity index (χ1) is 24.6. The highest BCUT2D eigenvalue weighted by molar-refractivity contribution is 8.04. The number of hydrogen-bond acceptors (Lipinski definition) is 4. The minimum atomic E-state index is 0.496. The van der Waals surface area contributed by atoms with Gasteiger partial charge in [0.25, 0.3) is 0 Å². The van der Waals surface area contributed by atoms with E-state index in [0.29, 0.717) is 5.92 Å². The molecule has 0 bridgehead atoms. The van der Waals surface area contributed by atoms with Crippen LogP contribution in [-0.4, -0.2) is 23.9 Å². The SMILES string of the molecule is C\C=C(C)/C(SCCC(C)CC)=C(C)/C(C)=C1\SCCC\C1=C(CCC)/C(C)=C1\OCCC\C1=C(/C(C)=C1\SCCC\C1=C\CCC)C(C)CC. The van der Waals surface area contributed by atoms with Crippen LogP contribution in [0.2, 0.25) is 0 Å². The molecule has 0 N–H and O–H groups in total. The van der Waals surface area contributed by atoms with E-state index in [1.165, 1.54) is 111 Å². The first-order valence-corrected chi connectivity index (χ1v) is 23.7.